The third-order valence-electron chi connectivity index (χ3n) is 5.68. The average Bonchev–Trinajstić information content (AvgIpc) is 3.45. The van der Waals surface area contributed by atoms with Gasteiger partial charge in [0.05, 0.1) is 30.8 Å². The van der Waals surface area contributed by atoms with Gasteiger partial charge in [-0.3, -0.25) is 0 Å². The van der Waals surface area contributed by atoms with Crippen LogP contribution in [0.25, 0.3) is 11.0 Å². The highest BCUT2D eigenvalue weighted by molar-refractivity contribution is 5.86. The van der Waals surface area contributed by atoms with Gasteiger partial charge in [0.1, 0.15) is 11.5 Å². The van der Waals surface area contributed by atoms with Crippen molar-refractivity contribution < 1.29 is 13.9 Å². The van der Waals surface area contributed by atoms with E-state index >= 15 is 0 Å². The number of ether oxygens (including phenoxy) is 2. The zero-order valence-electron chi connectivity index (χ0n) is 17.7. The minimum absolute atomic E-state index is 0.0948. The Morgan fingerprint density at radius 1 is 1.16 bits per heavy atom. The summed E-state index contributed by atoms with van der Waals surface area (Å²) in [5.74, 6) is 0.915. The molecule has 0 amide bonds. The molecule has 4 aromatic rings. The van der Waals surface area contributed by atoms with Crippen molar-refractivity contribution in [3.05, 3.63) is 71.8 Å². The fraction of sp³-hybridized carbons (Fsp3) is 0.250. The molecule has 1 aliphatic rings. The van der Waals surface area contributed by atoms with Crippen LogP contribution < -0.4 is 20.5 Å². The molecule has 32 heavy (non-hydrogen) atoms. The normalized spacial score (nSPS) is 15.9. The van der Waals surface area contributed by atoms with Gasteiger partial charge in [-0.25, -0.2) is 14.1 Å². The number of nitrogen functional groups attached to an aromatic ring is 1. The molecule has 0 saturated carbocycles. The average molecular weight is 433 g/mol. The van der Waals surface area contributed by atoms with Gasteiger partial charge in [-0.15, -0.1) is 0 Å². The molecule has 8 heteroatoms. The molecular formula is C24H24FN5O2. The first-order valence-electron chi connectivity index (χ1n) is 10.6. The van der Waals surface area contributed by atoms with Gasteiger partial charge >= 0.3 is 0 Å². The van der Waals surface area contributed by atoms with Crippen LogP contribution in [0, 0.1) is 5.82 Å². The van der Waals surface area contributed by atoms with Crippen LogP contribution in [0.3, 0.4) is 0 Å². The molecule has 3 heterocycles. The summed E-state index contributed by atoms with van der Waals surface area (Å²) < 4.78 is 27.6. The third kappa shape index (κ3) is 3.85. The highest BCUT2D eigenvalue weighted by Gasteiger charge is 2.26. The standard InChI is InChI=1S/C24H24FN5O2/c1-31-17-7-4-15(5-8-17)14-30-24-22(23(29-30)19-3-2-11-27-19)21(10-12-28-24)32-20-9-6-16(26)13-18(20)25/h4-10,12-13,19,27H,2-3,11,14,26H2,1H3. The van der Waals surface area contributed by atoms with Gasteiger partial charge in [-0.05, 0) is 55.3 Å². The third-order valence-corrected chi connectivity index (χ3v) is 5.68. The Hall–Kier alpha value is -3.65. The molecule has 1 atom stereocenters. The van der Waals surface area contributed by atoms with Crippen LogP contribution >= 0.6 is 0 Å². The second-order valence-electron chi connectivity index (χ2n) is 7.84. The summed E-state index contributed by atoms with van der Waals surface area (Å²) in [6, 6.07) is 14.1. The molecule has 0 aliphatic carbocycles. The summed E-state index contributed by atoms with van der Waals surface area (Å²) in [5.41, 5.74) is 8.65. The number of pyridine rings is 1. The van der Waals surface area contributed by atoms with E-state index < -0.39 is 5.82 Å². The lowest BCUT2D eigenvalue weighted by molar-refractivity contribution is 0.414. The summed E-state index contributed by atoms with van der Waals surface area (Å²) in [6.07, 6.45) is 3.70. The van der Waals surface area contributed by atoms with Gasteiger partial charge in [0.2, 0.25) is 0 Å². The molecule has 1 aliphatic heterocycles. The van der Waals surface area contributed by atoms with Gasteiger partial charge in [0.25, 0.3) is 0 Å². The van der Waals surface area contributed by atoms with Crippen molar-refractivity contribution in [2.45, 2.75) is 25.4 Å². The minimum Gasteiger partial charge on any atom is -0.497 e. The number of rotatable bonds is 6. The largest absolute Gasteiger partial charge is 0.497 e. The SMILES string of the molecule is COc1ccc(Cn2nc(C3CCCN3)c3c(Oc4ccc(N)cc4F)ccnc32)cc1. The number of hydrogen-bond acceptors (Lipinski definition) is 6. The van der Waals surface area contributed by atoms with E-state index in [-0.39, 0.29) is 11.8 Å². The van der Waals surface area contributed by atoms with Crippen molar-refractivity contribution in [3.63, 3.8) is 0 Å². The van der Waals surface area contributed by atoms with Crippen LogP contribution in [0.2, 0.25) is 0 Å². The Morgan fingerprint density at radius 3 is 2.72 bits per heavy atom. The van der Waals surface area contributed by atoms with Crippen molar-refractivity contribution in [2.75, 3.05) is 19.4 Å². The number of methoxy groups -OCH3 is 1. The van der Waals surface area contributed by atoms with Crippen molar-refractivity contribution in [3.8, 4) is 17.2 Å². The first-order chi connectivity index (χ1) is 15.6. The monoisotopic (exact) mass is 433 g/mol. The van der Waals surface area contributed by atoms with E-state index in [1.165, 1.54) is 12.1 Å². The smallest absolute Gasteiger partial charge is 0.167 e. The maximum absolute atomic E-state index is 14.4. The van der Waals surface area contributed by atoms with E-state index in [9.17, 15) is 4.39 Å². The van der Waals surface area contributed by atoms with E-state index in [2.05, 4.69) is 10.3 Å². The molecule has 0 radical (unpaired) electrons. The molecule has 1 fully saturated rings. The number of anilines is 1. The molecule has 3 N–H and O–H groups in total. The molecule has 2 aromatic heterocycles. The fourth-order valence-electron chi connectivity index (χ4n) is 4.08. The highest BCUT2D eigenvalue weighted by Crippen LogP contribution is 2.37. The zero-order valence-corrected chi connectivity index (χ0v) is 17.7. The first kappa shape index (κ1) is 20.3. The minimum atomic E-state index is -0.513. The predicted octanol–water partition coefficient (Wildman–Crippen LogP) is 4.43. The van der Waals surface area contributed by atoms with Crippen LogP contribution in [0.5, 0.6) is 17.2 Å². The van der Waals surface area contributed by atoms with Crippen LogP contribution in [0.15, 0.2) is 54.7 Å². The second-order valence-corrected chi connectivity index (χ2v) is 7.84. The quantitative estimate of drug-likeness (QED) is 0.438. The molecular weight excluding hydrogens is 409 g/mol. The van der Waals surface area contributed by atoms with E-state index in [1.54, 1.807) is 25.4 Å². The van der Waals surface area contributed by atoms with Gasteiger partial charge < -0.3 is 20.5 Å². The summed E-state index contributed by atoms with van der Waals surface area (Å²) in [4.78, 5) is 4.60. The van der Waals surface area contributed by atoms with Crippen LogP contribution in [-0.2, 0) is 6.54 Å². The Morgan fingerprint density at radius 2 is 2.00 bits per heavy atom. The Bertz CT molecular complexity index is 1250. The fourth-order valence-corrected chi connectivity index (χ4v) is 4.08. The Kier molecular flexibility index (Phi) is 5.36. The van der Waals surface area contributed by atoms with E-state index in [0.717, 1.165) is 41.8 Å². The number of fused-ring (bicyclic) bond motifs is 1. The lowest BCUT2D eigenvalue weighted by Crippen LogP contribution is -2.14. The lowest BCUT2D eigenvalue weighted by atomic mass is 10.1. The van der Waals surface area contributed by atoms with Crippen molar-refractivity contribution >= 4 is 16.7 Å². The number of halogens is 1. The number of nitrogens with one attached hydrogen (secondary N) is 1. The maximum atomic E-state index is 14.4. The molecule has 2 aromatic carbocycles. The predicted molar refractivity (Wildman–Crippen MR) is 120 cm³/mol. The van der Waals surface area contributed by atoms with Crippen molar-refractivity contribution in [1.29, 1.82) is 0 Å². The molecule has 7 nitrogen and oxygen atoms in total. The van der Waals surface area contributed by atoms with Crippen molar-refractivity contribution in [1.82, 2.24) is 20.1 Å². The van der Waals surface area contributed by atoms with E-state index in [4.69, 9.17) is 20.3 Å². The zero-order chi connectivity index (χ0) is 22.1. The molecule has 0 spiro atoms. The highest BCUT2D eigenvalue weighted by atomic mass is 19.1. The number of nitrogens with zero attached hydrogens (tertiary/aromatic N) is 3. The second kappa shape index (κ2) is 8.47. The summed E-state index contributed by atoms with van der Waals surface area (Å²) in [7, 11) is 1.65. The number of nitrogens with two attached hydrogens (primary N) is 1. The molecule has 164 valence electrons. The van der Waals surface area contributed by atoms with Crippen LogP contribution in [-0.4, -0.2) is 28.4 Å². The van der Waals surface area contributed by atoms with Gasteiger partial charge in [-0.2, -0.15) is 5.10 Å². The molecule has 5 rings (SSSR count). The number of aromatic nitrogens is 3. The van der Waals surface area contributed by atoms with E-state index in [1.807, 2.05) is 28.9 Å². The summed E-state index contributed by atoms with van der Waals surface area (Å²) >= 11 is 0. The summed E-state index contributed by atoms with van der Waals surface area (Å²) in [6.45, 7) is 1.47. The molecule has 0 bridgehead atoms. The molecule has 1 unspecified atom stereocenters. The maximum Gasteiger partial charge on any atom is 0.167 e. The summed E-state index contributed by atoms with van der Waals surface area (Å²) in [5, 5.41) is 9.20. The topological polar surface area (TPSA) is 87.2 Å². The Labute approximate surface area is 185 Å². The molecule has 1 saturated heterocycles. The van der Waals surface area contributed by atoms with Crippen LogP contribution in [0.4, 0.5) is 10.1 Å². The van der Waals surface area contributed by atoms with E-state index in [0.29, 0.717) is 23.6 Å². The van der Waals surface area contributed by atoms with Gasteiger partial charge in [0.15, 0.2) is 17.2 Å². The van der Waals surface area contributed by atoms with Crippen LogP contribution in [0.1, 0.15) is 30.1 Å². The first-order valence-corrected chi connectivity index (χ1v) is 10.6. The van der Waals surface area contributed by atoms with Crippen molar-refractivity contribution in [2.24, 2.45) is 0 Å². The number of hydrogen-bond donors (Lipinski definition) is 2. The Balaban J connectivity index is 1.58. The van der Waals surface area contributed by atoms with Gasteiger partial charge in [-0.1, -0.05) is 12.1 Å². The lowest BCUT2D eigenvalue weighted by Gasteiger charge is -2.11. The van der Waals surface area contributed by atoms with Gasteiger partial charge in [0, 0.05) is 18.0 Å². The number of benzene rings is 2.